The summed E-state index contributed by atoms with van der Waals surface area (Å²) in [5.41, 5.74) is 7.94. The smallest absolute Gasteiger partial charge is 0.418 e. The van der Waals surface area contributed by atoms with Crippen LogP contribution < -0.4 is 16.0 Å². The summed E-state index contributed by atoms with van der Waals surface area (Å²) < 4.78 is 48.6. The standard InChI is InChI=1S/C29H27F3N2O2/c1-17-9-10-22(19(3)13-17)16-34-24(15-23(29(30,31)32)27(33)28(34)35)21-11-12-26(20(4)14-21)36-25-8-6-5-7-18(25)2/h5-15H,16,33H2,1-4H3. The fourth-order valence-corrected chi connectivity index (χ4v) is 4.20. The summed E-state index contributed by atoms with van der Waals surface area (Å²) in [6.45, 7) is 7.68. The Labute approximate surface area is 207 Å². The van der Waals surface area contributed by atoms with E-state index in [1.54, 1.807) is 18.2 Å². The van der Waals surface area contributed by atoms with Gasteiger partial charge >= 0.3 is 6.18 Å². The molecule has 7 heteroatoms. The molecule has 0 aliphatic carbocycles. The molecule has 0 saturated heterocycles. The number of hydrogen-bond donors (Lipinski definition) is 1. The van der Waals surface area contributed by atoms with Crippen molar-refractivity contribution in [2.24, 2.45) is 0 Å². The summed E-state index contributed by atoms with van der Waals surface area (Å²) in [4.78, 5) is 13.2. The Balaban J connectivity index is 1.85. The molecule has 3 aromatic carbocycles. The van der Waals surface area contributed by atoms with Crippen LogP contribution in [0.1, 0.15) is 33.4 Å². The van der Waals surface area contributed by atoms with E-state index in [2.05, 4.69) is 0 Å². The van der Waals surface area contributed by atoms with Gasteiger partial charge in [-0.2, -0.15) is 13.2 Å². The molecule has 0 amide bonds. The number of rotatable bonds is 5. The van der Waals surface area contributed by atoms with Gasteiger partial charge < -0.3 is 15.0 Å². The summed E-state index contributed by atoms with van der Waals surface area (Å²) >= 11 is 0. The predicted octanol–water partition coefficient (Wildman–Crippen LogP) is 7.19. The molecule has 1 aromatic heterocycles. The molecule has 1 heterocycles. The lowest BCUT2D eigenvalue weighted by molar-refractivity contribution is -0.137. The molecular formula is C29H27F3N2O2. The Morgan fingerprint density at radius 1 is 0.833 bits per heavy atom. The van der Waals surface area contributed by atoms with Gasteiger partial charge in [-0.15, -0.1) is 0 Å². The van der Waals surface area contributed by atoms with Crippen molar-refractivity contribution in [3.05, 3.63) is 110 Å². The minimum absolute atomic E-state index is 0.0864. The van der Waals surface area contributed by atoms with E-state index in [0.717, 1.165) is 28.3 Å². The summed E-state index contributed by atoms with van der Waals surface area (Å²) in [5, 5.41) is 0. The van der Waals surface area contributed by atoms with Gasteiger partial charge in [0, 0.05) is 0 Å². The molecule has 0 aliphatic rings. The Hall–Kier alpha value is -4.00. The highest BCUT2D eigenvalue weighted by Crippen LogP contribution is 2.36. The third-order valence-corrected chi connectivity index (χ3v) is 6.25. The fraction of sp³-hybridized carbons (Fsp3) is 0.207. The van der Waals surface area contributed by atoms with E-state index in [1.807, 2.05) is 70.2 Å². The maximum absolute atomic E-state index is 13.8. The van der Waals surface area contributed by atoms with Crippen molar-refractivity contribution in [3.8, 4) is 22.8 Å². The summed E-state index contributed by atoms with van der Waals surface area (Å²) in [6.07, 6.45) is -4.76. The van der Waals surface area contributed by atoms with E-state index in [1.165, 1.54) is 4.57 Å². The molecule has 4 aromatic rings. The minimum Gasteiger partial charge on any atom is -0.457 e. The maximum atomic E-state index is 13.8. The molecule has 0 fully saturated rings. The number of pyridine rings is 1. The van der Waals surface area contributed by atoms with Crippen LogP contribution in [0.3, 0.4) is 0 Å². The van der Waals surface area contributed by atoms with E-state index in [0.29, 0.717) is 22.6 Å². The number of halogens is 3. The molecule has 36 heavy (non-hydrogen) atoms. The highest BCUT2D eigenvalue weighted by molar-refractivity contribution is 5.67. The van der Waals surface area contributed by atoms with Crippen LogP contribution in [0.2, 0.25) is 0 Å². The Bertz CT molecular complexity index is 1500. The van der Waals surface area contributed by atoms with Crippen LogP contribution in [0.25, 0.3) is 11.3 Å². The molecule has 2 N–H and O–H groups in total. The second-order valence-electron chi connectivity index (χ2n) is 9.02. The first-order chi connectivity index (χ1) is 17.0. The first kappa shape index (κ1) is 25.1. The van der Waals surface area contributed by atoms with Crippen molar-refractivity contribution in [1.29, 1.82) is 0 Å². The Morgan fingerprint density at radius 3 is 2.17 bits per heavy atom. The summed E-state index contributed by atoms with van der Waals surface area (Å²) in [6, 6.07) is 19.3. The number of para-hydroxylation sites is 1. The average molecular weight is 493 g/mol. The predicted molar refractivity (Wildman–Crippen MR) is 137 cm³/mol. The average Bonchev–Trinajstić information content (AvgIpc) is 2.80. The molecule has 0 aliphatic heterocycles. The van der Waals surface area contributed by atoms with Gasteiger partial charge in [0.15, 0.2) is 0 Å². The van der Waals surface area contributed by atoms with Crippen molar-refractivity contribution in [2.45, 2.75) is 40.4 Å². The number of benzene rings is 3. The van der Waals surface area contributed by atoms with E-state index < -0.39 is 23.0 Å². The SMILES string of the molecule is Cc1ccc(Cn2c(-c3ccc(Oc4ccccc4C)c(C)c3)cc(C(F)(F)F)c(N)c2=O)c(C)c1. The van der Waals surface area contributed by atoms with Crippen molar-refractivity contribution >= 4 is 5.69 Å². The molecule has 4 nitrogen and oxygen atoms in total. The van der Waals surface area contributed by atoms with Crippen LogP contribution in [0, 0.1) is 27.7 Å². The van der Waals surface area contributed by atoms with Crippen LogP contribution in [0.5, 0.6) is 11.5 Å². The monoisotopic (exact) mass is 492 g/mol. The van der Waals surface area contributed by atoms with E-state index in [-0.39, 0.29) is 12.2 Å². The van der Waals surface area contributed by atoms with Crippen LogP contribution in [-0.4, -0.2) is 4.57 Å². The first-order valence-electron chi connectivity index (χ1n) is 11.5. The van der Waals surface area contributed by atoms with Gasteiger partial charge in [-0.25, -0.2) is 0 Å². The van der Waals surface area contributed by atoms with Crippen LogP contribution in [-0.2, 0) is 12.7 Å². The normalized spacial score (nSPS) is 11.5. The van der Waals surface area contributed by atoms with Crippen molar-refractivity contribution in [3.63, 3.8) is 0 Å². The fourth-order valence-electron chi connectivity index (χ4n) is 4.20. The Kier molecular flexibility index (Phi) is 6.67. The van der Waals surface area contributed by atoms with Crippen LogP contribution in [0.4, 0.5) is 18.9 Å². The number of nitrogens with two attached hydrogens (primary N) is 1. The number of nitrogen functional groups attached to an aromatic ring is 1. The Morgan fingerprint density at radius 2 is 1.53 bits per heavy atom. The van der Waals surface area contributed by atoms with Crippen molar-refractivity contribution < 1.29 is 17.9 Å². The summed E-state index contributed by atoms with van der Waals surface area (Å²) in [5.74, 6) is 1.26. The number of hydrogen-bond acceptors (Lipinski definition) is 3. The van der Waals surface area contributed by atoms with Gasteiger partial charge in [-0.05, 0) is 85.8 Å². The number of ether oxygens (including phenoxy) is 1. The third kappa shape index (κ3) is 5.00. The zero-order chi connectivity index (χ0) is 26.2. The quantitative estimate of drug-likeness (QED) is 0.321. The van der Waals surface area contributed by atoms with E-state index in [9.17, 15) is 18.0 Å². The second-order valence-corrected chi connectivity index (χ2v) is 9.02. The topological polar surface area (TPSA) is 57.2 Å². The van der Waals surface area contributed by atoms with Crippen LogP contribution >= 0.6 is 0 Å². The second kappa shape index (κ2) is 9.57. The van der Waals surface area contributed by atoms with Crippen LogP contribution in [0.15, 0.2) is 71.5 Å². The van der Waals surface area contributed by atoms with Gasteiger partial charge in [0.05, 0.1) is 17.8 Å². The number of aryl methyl sites for hydroxylation is 4. The molecule has 0 radical (unpaired) electrons. The maximum Gasteiger partial charge on any atom is 0.418 e. The van der Waals surface area contributed by atoms with Gasteiger partial charge in [-0.3, -0.25) is 4.79 Å². The lowest BCUT2D eigenvalue weighted by atomic mass is 10.0. The molecule has 186 valence electrons. The molecule has 0 unspecified atom stereocenters. The molecular weight excluding hydrogens is 465 g/mol. The number of nitrogens with zero attached hydrogens (tertiary/aromatic N) is 1. The van der Waals surface area contributed by atoms with Crippen molar-refractivity contribution in [2.75, 3.05) is 5.73 Å². The molecule has 4 rings (SSSR count). The lowest BCUT2D eigenvalue weighted by Crippen LogP contribution is -2.29. The van der Waals surface area contributed by atoms with E-state index in [4.69, 9.17) is 10.5 Å². The van der Waals surface area contributed by atoms with Gasteiger partial charge in [-0.1, -0.05) is 42.0 Å². The lowest BCUT2D eigenvalue weighted by Gasteiger charge is -2.20. The molecule has 0 saturated carbocycles. The van der Waals surface area contributed by atoms with E-state index >= 15 is 0 Å². The number of anilines is 1. The molecule has 0 bridgehead atoms. The largest absolute Gasteiger partial charge is 0.457 e. The van der Waals surface area contributed by atoms with Gasteiger partial charge in [0.25, 0.3) is 5.56 Å². The number of alkyl halides is 3. The first-order valence-corrected chi connectivity index (χ1v) is 11.5. The molecule has 0 atom stereocenters. The van der Waals surface area contributed by atoms with Gasteiger partial charge in [0.2, 0.25) is 0 Å². The number of aromatic nitrogens is 1. The highest BCUT2D eigenvalue weighted by atomic mass is 19.4. The van der Waals surface area contributed by atoms with Gasteiger partial charge in [0.1, 0.15) is 17.2 Å². The molecule has 0 spiro atoms. The zero-order valence-electron chi connectivity index (χ0n) is 20.5. The third-order valence-electron chi connectivity index (χ3n) is 6.25. The minimum atomic E-state index is -4.76. The van der Waals surface area contributed by atoms with Crippen molar-refractivity contribution in [1.82, 2.24) is 4.57 Å². The highest BCUT2D eigenvalue weighted by Gasteiger charge is 2.35. The zero-order valence-corrected chi connectivity index (χ0v) is 20.5. The summed E-state index contributed by atoms with van der Waals surface area (Å²) in [7, 11) is 0.